The number of hydrogen-bond acceptors (Lipinski definition) is 5. The van der Waals surface area contributed by atoms with E-state index in [1.165, 1.54) is 18.3 Å². The number of anilines is 1. The molecule has 3 aromatic rings. The van der Waals surface area contributed by atoms with E-state index in [1.54, 1.807) is 24.3 Å². The number of amides is 1. The monoisotopic (exact) mass is 382 g/mol. The highest BCUT2D eigenvalue weighted by Crippen LogP contribution is 2.22. The van der Waals surface area contributed by atoms with Gasteiger partial charge in [-0.05, 0) is 48.5 Å². The topological polar surface area (TPSA) is 77.5 Å². The number of rotatable bonds is 6. The average Bonchev–Trinajstić information content (AvgIpc) is 2.68. The lowest BCUT2D eigenvalue weighted by molar-refractivity contribution is -0.119. The van der Waals surface area contributed by atoms with Crippen molar-refractivity contribution in [2.45, 2.75) is 0 Å². The number of hydrogen-bond donors (Lipinski definition) is 1. The van der Waals surface area contributed by atoms with E-state index in [0.717, 1.165) is 5.75 Å². The van der Waals surface area contributed by atoms with Crippen LogP contribution in [0.5, 0.6) is 11.5 Å². The van der Waals surface area contributed by atoms with Crippen LogP contribution in [0.3, 0.4) is 0 Å². The van der Waals surface area contributed by atoms with Gasteiger partial charge in [-0.25, -0.2) is 9.78 Å². The molecule has 7 heteroatoms. The fourth-order valence-electron chi connectivity index (χ4n) is 2.17. The van der Waals surface area contributed by atoms with Gasteiger partial charge in [-0.1, -0.05) is 29.8 Å². The molecule has 0 saturated heterocycles. The van der Waals surface area contributed by atoms with Gasteiger partial charge in [-0.15, -0.1) is 0 Å². The summed E-state index contributed by atoms with van der Waals surface area (Å²) < 4.78 is 10.6. The predicted octanol–water partition coefficient (Wildman–Crippen LogP) is 4.32. The first-order valence-electron chi connectivity index (χ1n) is 8.02. The summed E-state index contributed by atoms with van der Waals surface area (Å²) in [4.78, 5) is 27.6. The van der Waals surface area contributed by atoms with Crippen molar-refractivity contribution < 1.29 is 19.1 Å². The van der Waals surface area contributed by atoms with Gasteiger partial charge in [0.25, 0.3) is 5.91 Å². The lowest BCUT2D eigenvalue weighted by atomic mass is 10.3. The predicted molar refractivity (Wildman–Crippen MR) is 101 cm³/mol. The SMILES string of the molecule is O=C(COC(=O)c1ccnc(Cl)c1)Nc1ccc(Oc2ccccc2)cc1. The Morgan fingerprint density at radius 3 is 2.37 bits per heavy atom. The van der Waals surface area contributed by atoms with E-state index in [1.807, 2.05) is 30.3 Å². The zero-order valence-corrected chi connectivity index (χ0v) is 14.8. The largest absolute Gasteiger partial charge is 0.457 e. The van der Waals surface area contributed by atoms with E-state index >= 15 is 0 Å². The van der Waals surface area contributed by atoms with Gasteiger partial charge in [-0.3, -0.25) is 4.79 Å². The molecule has 0 unspecified atom stereocenters. The van der Waals surface area contributed by atoms with Gasteiger partial charge in [0.2, 0.25) is 0 Å². The van der Waals surface area contributed by atoms with Gasteiger partial charge in [0.15, 0.2) is 6.61 Å². The van der Waals surface area contributed by atoms with Crippen molar-refractivity contribution in [1.29, 1.82) is 0 Å². The number of aromatic nitrogens is 1. The summed E-state index contributed by atoms with van der Waals surface area (Å²) in [6.07, 6.45) is 1.39. The van der Waals surface area contributed by atoms with Gasteiger partial charge >= 0.3 is 5.97 Å². The van der Waals surface area contributed by atoms with Crippen molar-refractivity contribution in [3.8, 4) is 11.5 Å². The van der Waals surface area contributed by atoms with E-state index in [-0.39, 0.29) is 10.7 Å². The number of ether oxygens (including phenoxy) is 2. The molecule has 1 heterocycles. The molecule has 136 valence electrons. The molecule has 0 atom stereocenters. The smallest absolute Gasteiger partial charge is 0.338 e. The Labute approximate surface area is 160 Å². The number of carbonyl (C=O) groups is 2. The van der Waals surface area contributed by atoms with E-state index in [9.17, 15) is 9.59 Å². The van der Waals surface area contributed by atoms with E-state index in [2.05, 4.69) is 10.3 Å². The lowest BCUT2D eigenvalue weighted by Gasteiger charge is -2.08. The summed E-state index contributed by atoms with van der Waals surface area (Å²) in [5.41, 5.74) is 0.786. The van der Waals surface area contributed by atoms with Crippen LogP contribution in [-0.4, -0.2) is 23.5 Å². The first kappa shape index (κ1) is 18.4. The molecule has 0 aliphatic carbocycles. The Kier molecular flexibility index (Phi) is 6.02. The molecule has 6 nitrogen and oxygen atoms in total. The highest BCUT2D eigenvalue weighted by Gasteiger charge is 2.11. The number of pyridine rings is 1. The molecular formula is C20H15ClN2O4. The Morgan fingerprint density at radius 2 is 1.67 bits per heavy atom. The Balaban J connectivity index is 1.50. The maximum absolute atomic E-state index is 11.9. The standard InChI is InChI=1S/C20H15ClN2O4/c21-18-12-14(10-11-22-18)20(25)26-13-19(24)23-15-6-8-17(9-7-15)27-16-4-2-1-3-5-16/h1-12H,13H2,(H,23,24). The molecule has 0 bridgehead atoms. The van der Waals surface area contributed by atoms with Crippen molar-refractivity contribution in [1.82, 2.24) is 4.98 Å². The number of nitrogens with zero attached hydrogens (tertiary/aromatic N) is 1. The number of para-hydroxylation sites is 1. The quantitative estimate of drug-likeness (QED) is 0.507. The molecule has 0 radical (unpaired) electrons. The minimum Gasteiger partial charge on any atom is -0.457 e. The number of esters is 1. The van der Waals surface area contributed by atoms with Crippen LogP contribution in [-0.2, 0) is 9.53 Å². The van der Waals surface area contributed by atoms with Crippen LogP contribution >= 0.6 is 11.6 Å². The summed E-state index contributed by atoms with van der Waals surface area (Å²) in [7, 11) is 0. The number of halogens is 1. The van der Waals surface area contributed by atoms with Crippen molar-refractivity contribution >= 4 is 29.2 Å². The molecule has 1 amide bonds. The van der Waals surface area contributed by atoms with Gasteiger partial charge in [0, 0.05) is 11.9 Å². The van der Waals surface area contributed by atoms with Crippen molar-refractivity contribution in [3.05, 3.63) is 83.6 Å². The maximum Gasteiger partial charge on any atom is 0.338 e. The maximum atomic E-state index is 11.9. The third kappa shape index (κ3) is 5.55. The van der Waals surface area contributed by atoms with Crippen LogP contribution in [0.15, 0.2) is 72.9 Å². The molecule has 1 aromatic heterocycles. The Morgan fingerprint density at radius 1 is 0.963 bits per heavy atom. The van der Waals surface area contributed by atoms with E-state index in [4.69, 9.17) is 21.1 Å². The van der Waals surface area contributed by atoms with E-state index in [0.29, 0.717) is 11.4 Å². The average molecular weight is 383 g/mol. The van der Waals surface area contributed by atoms with Crippen molar-refractivity contribution in [3.63, 3.8) is 0 Å². The fraction of sp³-hybridized carbons (Fsp3) is 0.0500. The van der Waals surface area contributed by atoms with Crippen LogP contribution in [0.2, 0.25) is 5.15 Å². The van der Waals surface area contributed by atoms with Crippen molar-refractivity contribution in [2.75, 3.05) is 11.9 Å². The second-order valence-corrected chi connectivity index (χ2v) is 5.82. The van der Waals surface area contributed by atoms with Crippen LogP contribution in [0.1, 0.15) is 10.4 Å². The molecule has 2 aromatic carbocycles. The van der Waals surface area contributed by atoms with Gasteiger partial charge in [-0.2, -0.15) is 0 Å². The number of benzene rings is 2. The first-order valence-corrected chi connectivity index (χ1v) is 8.39. The summed E-state index contributed by atoms with van der Waals surface area (Å²) in [6.45, 7) is -0.416. The minimum atomic E-state index is -0.652. The van der Waals surface area contributed by atoms with Crippen LogP contribution in [0.25, 0.3) is 0 Å². The third-order valence-electron chi connectivity index (χ3n) is 3.41. The zero-order chi connectivity index (χ0) is 19.1. The fourth-order valence-corrected chi connectivity index (χ4v) is 2.35. The zero-order valence-electron chi connectivity index (χ0n) is 14.1. The highest BCUT2D eigenvalue weighted by molar-refractivity contribution is 6.29. The van der Waals surface area contributed by atoms with Crippen LogP contribution in [0.4, 0.5) is 5.69 Å². The Bertz CT molecular complexity index is 930. The van der Waals surface area contributed by atoms with E-state index < -0.39 is 18.5 Å². The molecule has 3 rings (SSSR count). The van der Waals surface area contributed by atoms with Crippen molar-refractivity contribution in [2.24, 2.45) is 0 Å². The molecular weight excluding hydrogens is 368 g/mol. The molecule has 0 aliphatic heterocycles. The summed E-state index contributed by atoms with van der Waals surface area (Å²) in [5.74, 6) is 0.249. The second-order valence-electron chi connectivity index (χ2n) is 5.43. The molecule has 0 fully saturated rings. The third-order valence-corrected chi connectivity index (χ3v) is 3.62. The molecule has 0 spiro atoms. The van der Waals surface area contributed by atoms with Crippen LogP contribution in [0, 0.1) is 0 Å². The van der Waals surface area contributed by atoms with Gasteiger partial charge in [0.05, 0.1) is 5.56 Å². The first-order chi connectivity index (χ1) is 13.1. The molecule has 1 N–H and O–H groups in total. The Hall–Kier alpha value is -3.38. The summed E-state index contributed by atoms with van der Waals surface area (Å²) in [5, 5.41) is 2.81. The van der Waals surface area contributed by atoms with Gasteiger partial charge < -0.3 is 14.8 Å². The molecule has 0 saturated carbocycles. The lowest BCUT2D eigenvalue weighted by Crippen LogP contribution is -2.20. The molecule has 0 aliphatic rings. The normalized spacial score (nSPS) is 10.1. The summed E-state index contributed by atoms with van der Waals surface area (Å²) >= 11 is 5.71. The second kappa shape index (κ2) is 8.82. The minimum absolute atomic E-state index is 0.173. The number of nitrogens with one attached hydrogen (secondary N) is 1. The van der Waals surface area contributed by atoms with Crippen LogP contribution < -0.4 is 10.1 Å². The number of carbonyl (C=O) groups excluding carboxylic acids is 2. The molecule has 27 heavy (non-hydrogen) atoms. The van der Waals surface area contributed by atoms with Gasteiger partial charge in [0.1, 0.15) is 16.7 Å². The summed E-state index contributed by atoms with van der Waals surface area (Å²) in [6, 6.07) is 19.0. The highest BCUT2D eigenvalue weighted by atomic mass is 35.5.